The molecule has 2 amide bonds. The predicted molar refractivity (Wildman–Crippen MR) is 175 cm³/mol. The lowest BCUT2D eigenvalue weighted by molar-refractivity contribution is -0.157. The highest BCUT2D eigenvalue weighted by molar-refractivity contribution is 5.90. The van der Waals surface area contributed by atoms with Gasteiger partial charge in [0.05, 0.1) is 18.8 Å². The van der Waals surface area contributed by atoms with Crippen LogP contribution in [0.4, 0.5) is 4.79 Å². The second-order valence-corrected chi connectivity index (χ2v) is 11.9. The van der Waals surface area contributed by atoms with Gasteiger partial charge in [0.25, 0.3) is 0 Å². The molecular formula is C35H48N2O11. The Labute approximate surface area is 281 Å². The Balaban J connectivity index is 1.74. The number of carbonyl (C=O) groups excluding carboxylic acids is 4. The van der Waals surface area contributed by atoms with Crippen LogP contribution in [-0.4, -0.2) is 82.4 Å². The molecule has 0 radical (unpaired) electrons. The third kappa shape index (κ3) is 13.6. The van der Waals surface area contributed by atoms with Crippen molar-refractivity contribution in [1.29, 1.82) is 0 Å². The molecule has 3 N–H and O–H groups in total. The number of nitrogens with zero attached hydrogens (tertiary/aromatic N) is 1. The summed E-state index contributed by atoms with van der Waals surface area (Å²) in [7, 11) is 0. The molecule has 2 aliphatic heterocycles. The number of hydrogen-bond donors (Lipinski definition) is 3. The number of aliphatic hydroxyl groups is 2. The minimum Gasteiger partial charge on any atom is -0.466 e. The Morgan fingerprint density at radius 2 is 1.85 bits per heavy atom. The average Bonchev–Trinajstić information content (AvgIpc) is 3.72. The number of epoxide rings is 1. The molecule has 13 heteroatoms. The number of alkyl carbamates (subject to hydrolysis) is 1. The summed E-state index contributed by atoms with van der Waals surface area (Å²) in [5.74, 6) is -0.845. The van der Waals surface area contributed by atoms with Crippen molar-refractivity contribution < 1.29 is 52.8 Å². The number of amides is 2. The van der Waals surface area contributed by atoms with Crippen molar-refractivity contribution in [3.8, 4) is 0 Å². The van der Waals surface area contributed by atoms with E-state index in [1.54, 1.807) is 19.1 Å². The molecule has 2 aliphatic rings. The number of rotatable bonds is 13. The van der Waals surface area contributed by atoms with E-state index in [-0.39, 0.29) is 19.0 Å². The number of aliphatic hydroxyl groups excluding tert-OH is 2. The van der Waals surface area contributed by atoms with Gasteiger partial charge in [-0.2, -0.15) is 0 Å². The van der Waals surface area contributed by atoms with E-state index in [1.165, 1.54) is 18.2 Å². The van der Waals surface area contributed by atoms with Crippen LogP contribution in [0, 0.1) is 6.92 Å². The second kappa shape index (κ2) is 19.7. The fraction of sp³-hybridized carbons (Fsp3) is 0.571. The summed E-state index contributed by atoms with van der Waals surface area (Å²) in [6, 6.07) is 0. The number of oxazole rings is 1. The molecule has 3 rings (SSSR count). The Morgan fingerprint density at radius 3 is 2.60 bits per heavy atom. The molecule has 1 aromatic heterocycles. The zero-order valence-electron chi connectivity index (χ0n) is 28.1. The molecule has 48 heavy (non-hydrogen) atoms. The smallest absolute Gasteiger partial charge is 0.414 e. The first-order valence-electron chi connectivity index (χ1n) is 16.5. The monoisotopic (exact) mass is 672 g/mol. The Bertz CT molecular complexity index is 1360. The number of aromatic nitrogens is 1. The van der Waals surface area contributed by atoms with Crippen molar-refractivity contribution >= 4 is 36.1 Å². The maximum absolute atomic E-state index is 12.9. The summed E-state index contributed by atoms with van der Waals surface area (Å²) in [4.78, 5) is 53.4. The summed E-state index contributed by atoms with van der Waals surface area (Å²) in [5.41, 5.74) is 1.54. The summed E-state index contributed by atoms with van der Waals surface area (Å²) in [6.45, 7) is 6.92. The topological polar surface area (TPSA) is 187 Å². The van der Waals surface area contributed by atoms with Gasteiger partial charge in [-0.3, -0.25) is 14.9 Å². The summed E-state index contributed by atoms with van der Waals surface area (Å²) >= 11 is 0. The van der Waals surface area contributed by atoms with E-state index >= 15 is 0 Å². The van der Waals surface area contributed by atoms with Gasteiger partial charge in [-0.15, -0.1) is 0 Å². The number of fused-ring (bicyclic) bond motifs is 3. The van der Waals surface area contributed by atoms with Crippen LogP contribution in [0.5, 0.6) is 0 Å². The number of imide groups is 1. The van der Waals surface area contributed by atoms with Gasteiger partial charge in [0.1, 0.15) is 23.7 Å². The van der Waals surface area contributed by atoms with Crippen molar-refractivity contribution in [3.05, 3.63) is 53.3 Å². The van der Waals surface area contributed by atoms with Crippen LogP contribution >= 0.6 is 0 Å². The number of ether oxygens (including phenoxy) is 4. The van der Waals surface area contributed by atoms with Crippen LogP contribution in [0.15, 0.2) is 40.4 Å². The molecule has 264 valence electrons. The first-order chi connectivity index (χ1) is 23.0. The van der Waals surface area contributed by atoms with Gasteiger partial charge in [0.15, 0.2) is 12.2 Å². The molecule has 1 saturated heterocycles. The highest BCUT2D eigenvalue weighted by atomic mass is 16.7. The van der Waals surface area contributed by atoms with Crippen molar-refractivity contribution in [2.24, 2.45) is 0 Å². The first-order valence-corrected chi connectivity index (χ1v) is 16.5. The lowest BCUT2D eigenvalue weighted by Gasteiger charge is -2.28. The van der Waals surface area contributed by atoms with Crippen LogP contribution in [0.3, 0.4) is 0 Å². The molecule has 1 aromatic rings. The lowest BCUT2D eigenvalue weighted by Crippen LogP contribution is -2.48. The number of allylic oxidation sites excluding steroid dienone is 3. The van der Waals surface area contributed by atoms with Crippen LogP contribution in [-0.2, 0) is 33.3 Å². The maximum atomic E-state index is 12.9. The van der Waals surface area contributed by atoms with E-state index in [9.17, 15) is 29.4 Å². The second-order valence-electron chi connectivity index (χ2n) is 11.9. The quantitative estimate of drug-likeness (QED) is 0.0868. The van der Waals surface area contributed by atoms with Gasteiger partial charge in [0.2, 0.25) is 11.8 Å². The van der Waals surface area contributed by atoms with Gasteiger partial charge in [-0.1, -0.05) is 62.5 Å². The minimum absolute atomic E-state index is 0.0242. The predicted octanol–water partition coefficient (Wildman–Crippen LogP) is 4.64. The zero-order valence-corrected chi connectivity index (χ0v) is 28.1. The van der Waals surface area contributed by atoms with Crippen molar-refractivity contribution in [3.63, 3.8) is 0 Å². The van der Waals surface area contributed by atoms with Gasteiger partial charge >= 0.3 is 18.0 Å². The molecule has 2 bridgehead atoms. The molecular weight excluding hydrogens is 624 g/mol. The molecule has 0 aromatic carbocycles. The van der Waals surface area contributed by atoms with E-state index in [1.807, 2.05) is 18.3 Å². The van der Waals surface area contributed by atoms with Crippen LogP contribution in [0.1, 0.15) is 95.9 Å². The number of nitrogens with one attached hydrogen (secondary N) is 1. The minimum atomic E-state index is -1.57. The Hall–Kier alpha value is -4.07. The first kappa shape index (κ1) is 38.4. The van der Waals surface area contributed by atoms with E-state index in [0.29, 0.717) is 36.6 Å². The number of esters is 2. The number of cyclic esters (lactones) is 1. The standard InChI is InChI=1S/C35H48N2O11/c1-5-6-7-8-9-13-30(41)44-20-19-25(39)16-17-27(40)32-34(48-35(43)36-24(4)38)33-28(46-33)18-15-22(2)21-29-37-26(23(3)45-29)12-10-11-14-31(42)47-32/h10-12,14,16-17,21,25,27-28,32-34,39-40H,5-9,13,15,18-20H2,1-4H3,(H,36,38,43). The lowest BCUT2D eigenvalue weighted by atomic mass is 9.99. The SMILES string of the molecule is CCCCCCCC(=O)OCCC(O)C=CC(O)C1OC(=O)C=CC=Cc2nc(oc2C)C=C(C)CCC2OC2C1OC(=O)NC(C)=O. The molecule has 6 unspecified atom stereocenters. The molecule has 13 nitrogen and oxygen atoms in total. The molecule has 3 heterocycles. The largest absolute Gasteiger partial charge is 0.466 e. The van der Waals surface area contributed by atoms with Crippen molar-refractivity contribution in [1.82, 2.24) is 10.3 Å². The third-order valence-electron chi connectivity index (χ3n) is 7.71. The van der Waals surface area contributed by atoms with Gasteiger partial charge < -0.3 is 33.6 Å². The van der Waals surface area contributed by atoms with E-state index < -0.39 is 54.6 Å². The Kier molecular flexibility index (Phi) is 15.7. The number of aryl methyl sites for hydroxylation is 1. The van der Waals surface area contributed by atoms with Gasteiger partial charge in [0, 0.05) is 25.8 Å². The molecule has 0 saturated carbocycles. The normalized spacial score (nSPS) is 22.5. The van der Waals surface area contributed by atoms with E-state index in [0.717, 1.165) is 50.7 Å². The summed E-state index contributed by atoms with van der Waals surface area (Å²) < 4.78 is 27.9. The van der Waals surface area contributed by atoms with Crippen LogP contribution in [0.2, 0.25) is 0 Å². The molecule has 0 spiro atoms. The van der Waals surface area contributed by atoms with Crippen LogP contribution in [0.25, 0.3) is 12.2 Å². The molecule has 1 fully saturated rings. The van der Waals surface area contributed by atoms with Crippen molar-refractivity contribution in [2.75, 3.05) is 6.61 Å². The van der Waals surface area contributed by atoms with E-state index in [4.69, 9.17) is 23.4 Å². The summed E-state index contributed by atoms with van der Waals surface area (Å²) in [5, 5.41) is 23.7. The average molecular weight is 673 g/mol. The van der Waals surface area contributed by atoms with Gasteiger partial charge in [-0.25, -0.2) is 14.6 Å². The fourth-order valence-corrected chi connectivity index (χ4v) is 5.07. The number of hydrogen-bond acceptors (Lipinski definition) is 12. The van der Waals surface area contributed by atoms with E-state index in [2.05, 4.69) is 11.9 Å². The number of unbranched alkanes of at least 4 members (excludes halogenated alkanes) is 4. The third-order valence-corrected chi connectivity index (χ3v) is 7.71. The highest BCUT2D eigenvalue weighted by Crippen LogP contribution is 2.35. The zero-order chi connectivity index (χ0) is 35.1. The van der Waals surface area contributed by atoms with Gasteiger partial charge in [-0.05, 0) is 45.3 Å². The summed E-state index contributed by atoms with van der Waals surface area (Å²) in [6.07, 6.45) is 8.72. The van der Waals surface area contributed by atoms with Crippen molar-refractivity contribution in [2.45, 2.75) is 122 Å². The number of carbonyl (C=O) groups is 4. The molecule has 0 aliphatic carbocycles. The van der Waals surface area contributed by atoms with Crippen LogP contribution < -0.4 is 5.32 Å². The highest BCUT2D eigenvalue weighted by Gasteiger charge is 2.52. The Morgan fingerprint density at radius 1 is 1.10 bits per heavy atom. The maximum Gasteiger partial charge on any atom is 0.414 e. The molecule has 6 atom stereocenters. The fourth-order valence-electron chi connectivity index (χ4n) is 5.07.